The number of nitrogens with zero attached hydrogens (tertiary/aromatic N) is 1. The van der Waals surface area contributed by atoms with Crippen molar-refractivity contribution in [3.63, 3.8) is 0 Å². The Kier molecular flexibility index (Phi) is 5.53. The van der Waals surface area contributed by atoms with Gasteiger partial charge in [-0.3, -0.25) is 4.79 Å². The van der Waals surface area contributed by atoms with Crippen molar-refractivity contribution in [3.8, 4) is 0 Å². The van der Waals surface area contributed by atoms with Gasteiger partial charge in [0.05, 0.1) is 6.42 Å². The molecule has 1 aromatic rings. The van der Waals surface area contributed by atoms with Gasteiger partial charge in [0.2, 0.25) is 5.91 Å². The third-order valence-corrected chi connectivity index (χ3v) is 3.49. The first-order valence-corrected chi connectivity index (χ1v) is 6.81. The molecule has 3 heteroatoms. The number of amides is 1. The van der Waals surface area contributed by atoms with Gasteiger partial charge in [-0.05, 0) is 30.7 Å². The fourth-order valence-electron chi connectivity index (χ4n) is 1.55. The summed E-state index contributed by atoms with van der Waals surface area (Å²) in [6.45, 7) is 8.14. The molecule has 0 fully saturated rings. The van der Waals surface area contributed by atoms with Crippen LogP contribution < -0.4 is 0 Å². The first-order chi connectivity index (χ1) is 7.63. The summed E-state index contributed by atoms with van der Waals surface area (Å²) in [7, 11) is 0. The van der Waals surface area contributed by atoms with Crippen LogP contribution in [-0.2, 0) is 11.2 Å². The van der Waals surface area contributed by atoms with E-state index in [1.54, 1.807) is 11.3 Å². The molecular formula is C13H21NOS. The third-order valence-electron chi connectivity index (χ3n) is 2.62. The zero-order valence-corrected chi connectivity index (χ0v) is 11.2. The van der Waals surface area contributed by atoms with Gasteiger partial charge in [-0.1, -0.05) is 19.9 Å². The lowest BCUT2D eigenvalue weighted by molar-refractivity contribution is -0.130. The van der Waals surface area contributed by atoms with Crippen molar-refractivity contribution < 1.29 is 4.79 Å². The lowest BCUT2D eigenvalue weighted by Crippen LogP contribution is -2.33. The van der Waals surface area contributed by atoms with Crippen molar-refractivity contribution in [2.45, 2.75) is 33.6 Å². The molecule has 0 atom stereocenters. The van der Waals surface area contributed by atoms with E-state index in [-0.39, 0.29) is 5.91 Å². The zero-order chi connectivity index (χ0) is 12.0. The molecular weight excluding hydrogens is 218 g/mol. The van der Waals surface area contributed by atoms with Crippen LogP contribution in [-0.4, -0.2) is 23.9 Å². The van der Waals surface area contributed by atoms with Gasteiger partial charge >= 0.3 is 0 Å². The topological polar surface area (TPSA) is 20.3 Å². The second kappa shape index (κ2) is 6.69. The smallest absolute Gasteiger partial charge is 0.227 e. The van der Waals surface area contributed by atoms with Crippen LogP contribution in [0.15, 0.2) is 17.5 Å². The molecule has 0 saturated heterocycles. The zero-order valence-electron chi connectivity index (χ0n) is 10.4. The summed E-state index contributed by atoms with van der Waals surface area (Å²) in [5, 5.41) is 2.02. The number of carbonyl (C=O) groups excluding carboxylic acids is 1. The van der Waals surface area contributed by atoms with Crippen LogP contribution in [0.3, 0.4) is 0 Å². The average molecular weight is 239 g/mol. The Labute approximate surface area is 102 Å². The molecule has 2 nitrogen and oxygen atoms in total. The van der Waals surface area contributed by atoms with Crippen LogP contribution in [0.1, 0.15) is 32.1 Å². The molecule has 16 heavy (non-hydrogen) atoms. The van der Waals surface area contributed by atoms with Crippen molar-refractivity contribution in [2.75, 3.05) is 13.1 Å². The Morgan fingerprint density at radius 3 is 2.75 bits per heavy atom. The van der Waals surface area contributed by atoms with Crippen molar-refractivity contribution in [1.82, 2.24) is 4.90 Å². The van der Waals surface area contributed by atoms with Gasteiger partial charge < -0.3 is 4.90 Å². The maximum atomic E-state index is 12.0. The maximum absolute atomic E-state index is 12.0. The van der Waals surface area contributed by atoms with Crippen LogP contribution in [0.5, 0.6) is 0 Å². The van der Waals surface area contributed by atoms with E-state index in [0.29, 0.717) is 12.3 Å². The van der Waals surface area contributed by atoms with Gasteiger partial charge in [-0.25, -0.2) is 0 Å². The van der Waals surface area contributed by atoms with Crippen LogP contribution in [0.25, 0.3) is 0 Å². The number of carbonyl (C=O) groups is 1. The molecule has 0 aliphatic rings. The number of hydrogen-bond acceptors (Lipinski definition) is 2. The predicted octanol–water partition coefficient (Wildman–Crippen LogP) is 3.19. The van der Waals surface area contributed by atoms with E-state index in [0.717, 1.165) is 24.4 Å². The Bertz CT molecular complexity index is 306. The molecule has 1 amide bonds. The normalized spacial score (nSPS) is 10.8. The number of hydrogen-bond donors (Lipinski definition) is 0. The second-order valence-corrected chi connectivity index (χ2v) is 5.44. The lowest BCUT2D eigenvalue weighted by atomic mass is 10.1. The van der Waals surface area contributed by atoms with Crippen molar-refractivity contribution in [3.05, 3.63) is 22.4 Å². The maximum Gasteiger partial charge on any atom is 0.227 e. The van der Waals surface area contributed by atoms with E-state index in [2.05, 4.69) is 13.8 Å². The summed E-state index contributed by atoms with van der Waals surface area (Å²) in [5.74, 6) is 0.911. The fourth-order valence-corrected chi connectivity index (χ4v) is 2.24. The molecule has 1 rings (SSSR count). The molecule has 0 spiro atoms. The summed E-state index contributed by atoms with van der Waals surface area (Å²) < 4.78 is 0. The fraction of sp³-hybridized carbons (Fsp3) is 0.615. The van der Waals surface area contributed by atoms with Gasteiger partial charge in [0.25, 0.3) is 0 Å². The number of thiophene rings is 1. The van der Waals surface area contributed by atoms with Gasteiger partial charge in [0.1, 0.15) is 0 Å². The molecule has 0 saturated carbocycles. The molecule has 90 valence electrons. The van der Waals surface area contributed by atoms with E-state index in [4.69, 9.17) is 0 Å². The Balaban J connectivity index is 2.43. The molecule has 1 heterocycles. The summed E-state index contributed by atoms with van der Waals surface area (Å²) in [6.07, 6.45) is 1.65. The van der Waals surface area contributed by atoms with E-state index in [9.17, 15) is 4.79 Å². The lowest BCUT2D eigenvalue weighted by Gasteiger charge is -2.21. The van der Waals surface area contributed by atoms with Gasteiger partial charge in [-0.15, -0.1) is 11.3 Å². The Morgan fingerprint density at radius 1 is 1.50 bits per heavy atom. The van der Waals surface area contributed by atoms with Crippen LogP contribution in [0.4, 0.5) is 0 Å². The summed E-state index contributed by atoms with van der Waals surface area (Å²) in [4.78, 5) is 15.1. The minimum Gasteiger partial charge on any atom is -0.343 e. The quantitative estimate of drug-likeness (QED) is 0.746. The predicted molar refractivity (Wildman–Crippen MR) is 69.7 cm³/mol. The molecule has 0 radical (unpaired) electrons. The molecule has 0 N–H and O–H groups in total. The van der Waals surface area contributed by atoms with E-state index < -0.39 is 0 Å². The summed E-state index contributed by atoms with van der Waals surface area (Å²) in [6, 6.07) is 4.02. The average Bonchev–Trinajstić information content (AvgIpc) is 2.71. The Morgan fingerprint density at radius 2 is 2.25 bits per heavy atom. The second-order valence-electron chi connectivity index (χ2n) is 4.41. The minimum atomic E-state index is 0.255. The van der Waals surface area contributed by atoms with Gasteiger partial charge in [0, 0.05) is 18.0 Å². The highest BCUT2D eigenvalue weighted by atomic mass is 32.1. The summed E-state index contributed by atoms with van der Waals surface area (Å²) >= 11 is 1.66. The molecule has 0 aliphatic heterocycles. The number of rotatable bonds is 6. The van der Waals surface area contributed by atoms with Gasteiger partial charge in [-0.2, -0.15) is 0 Å². The van der Waals surface area contributed by atoms with Crippen molar-refractivity contribution in [1.29, 1.82) is 0 Å². The highest BCUT2D eigenvalue weighted by Crippen LogP contribution is 2.11. The first kappa shape index (κ1) is 13.2. The molecule has 0 bridgehead atoms. The molecule has 1 aromatic heterocycles. The van der Waals surface area contributed by atoms with Gasteiger partial charge in [0.15, 0.2) is 0 Å². The molecule has 0 unspecified atom stereocenters. The highest BCUT2D eigenvalue weighted by Gasteiger charge is 2.12. The van der Waals surface area contributed by atoms with Crippen molar-refractivity contribution in [2.24, 2.45) is 5.92 Å². The standard InChI is InChI=1S/C13H21NOS/c1-4-14(8-7-11(2)3)13(15)10-12-6-5-9-16-12/h5-6,9,11H,4,7-8,10H2,1-3H3. The molecule has 0 aliphatic carbocycles. The monoisotopic (exact) mass is 239 g/mol. The largest absolute Gasteiger partial charge is 0.343 e. The van der Waals surface area contributed by atoms with E-state index in [1.165, 1.54) is 0 Å². The summed E-state index contributed by atoms with van der Waals surface area (Å²) in [5.41, 5.74) is 0. The highest BCUT2D eigenvalue weighted by molar-refractivity contribution is 7.10. The van der Waals surface area contributed by atoms with E-state index in [1.807, 2.05) is 29.3 Å². The third kappa shape index (κ3) is 4.35. The minimum absolute atomic E-state index is 0.255. The van der Waals surface area contributed by atoms with Crippen LogP contribution >= 0.6 is 11.3 Å². The molecule has 0 aromatic carbocycles. The van der Waals surface area contributed by atoms with Crippen LogP contribution in [0.2, 0.25) is 0 Å². The SMILES string of the molecule is CCN(CCC(C)C)C(=O)Cc1cccs1. The van der Waals surface area contributed by atoms with E-state index >= 15 is 0 Å². The number of likely N-dealkylation sites (N-methyl/N-ethyl adjacent to an activating group) is 1. The van der Waals surface area contributed by atoms with Crippen LogP contribution in [0, 0.1) is 5.92 Å². The Hall–Kier alpha value is -0.830. The first-order valence-electron chi connectivity index (χ1n) is 5.93. The van der Waals surface area contributed by atoms with Crippen molar-refractivity contribution >= 4 is 17.2 Å².